The molecule has 1 amide bonds. The summed E-state index contributed by atoms with van der Waals surface area (Å²) in [6, 6.07) is 7.06. The Kier molecular flexibility index (Phi) is 5.77. The molecule has 0 radical (unpaired) electrons. The normalized spacial score (nSPS) is 16.2. The Morgan fingerprint density at radius 1 is 1.27 bits per heavy atom. The maximum absolute atomic E-state index is 12.0. The molecule has 0 atom stereocenters. The summed E-state index contributed by atoms with van der Waals surface area (Å²) in [6.07, 6.45) is 1.49. The molecule has 6 nitrogen and oxygen atoms in total. The quantitative estimate of drug-likeness (QED) is 0.636. The number of carbonyl (C=O) groups excluding carboxylic acids is 2. The fourth-order valence-electron chi connectivity index (χ4n) is 2.56. The fourth-order valence-corrected chi connectivity index (χ4v) is 2.56. The molecule has 0 unspecified atom stereocenters. The van der Waals surface area contributed by atoms with Crippen molar-refractivity contribution >= 4 is 23.3 Å². The van der Waals surface area contributed by atoms with Crippen molar-refractivity contribution in [2.75, 3.05) is 37.3 Å². The molecule has 1 aliphatic heterocycles. The van der Waals surface area contributed by atoms with E-state index in [1.807, 2.05) is 6.92 Å². The lowest BCUT2D eigenvalue weighted by atomic mass is 9.97. The number of nitrogen functional groups attached to an aromatic ring is 1. The van der Waals surface area contributed by atoms with Crippen molar-refractivity contribution in [3.05, 3.63) is 24.3 Å². The second kappa shape index (κ2) is 7.79. The molecule has 120 valence electrons. The summed E-state index contributed by atoms with van der Waals surface area (Å²) in [5.74, 6) is -0.204. The van der Waals surface area contributed by atoms with Gasteiger partial charge in [-0.15, -0.1) is 0 Å². The summed E-state index contributed by atoms with van der Waals surface area (Å²) in [5, 5.41) is 2.84. The number of anilines is 2. The van der Waals surface area contributed by atoms with E-state index in [0.29, 0.717) is 18.8 Å². The molecular formula is C16H23N3O3. The monoisotopic (exact) mass is 305 g/mol. The zero-order valence-electron chi connectivity index (χ0n) is 12.9. The summed E-state index contributed by atoms with van der Waals surface area (Å²) in [4.78, 5) is 25.7. The first-order valence-electron chi connectivity index (χ1n) is 7.63. The molecule has 0 aliphatic carbocycles. The zero-order chi connectivity index (χ0) is 15.9. The number of amides is 1. The predicted molar refractivity (Wildman–Crippen MR) is 85.3 cm³/mol. The van der Waals surface area contributed by atoms with Crippen LogP contribution in [0.4, 0.5) is 11.4 Å². The Hall–Kier alpha value is -2.08. The SMILES string of the molecule is CCOC(=O)C1CCN(CC(=O)Nc2ccc(N)cc2)CC1. The highest BCUT2D eigenvalue weighted by Gasteiger charge is 2.26. The lowest BCUT2D eigenvalue weighted by Gasteiger charge is -2.30. The predicted octanol–water partition coefficient (Wildman–Crippen LogP) is 1.48. The molecular weight excluding hydrogens is 282 g/mol. The highest BCUT2D eigenvalue weighted by atomic mass is 16.5. The number of nitrogens with two attached hydrogens (primary N) is 1. The van der Waals surface area contributed by atoms with Gasteiger partial charge in [-0.3, -0.25) is 14.5 Å². The molecule has 6 heteroatoms. The minimum Gasteiger partial charge on any atom is -0.466 e. The Balaban J connectivity index is 1.74. The number of ether oxygens (including phenoxy) is 1. The number of hydrogen-bond donors (Lipinski definition) is 2. The number of piperidine rings is 1. The molecule has 3 N–H and O–H groups in total. The molecule has 0 aromatic heterocycles. The van der Waals surface area contributed by atoms with Gasteiger partial charge in [-0.2, -0.15) is 0 Å². The van der Waals surface area contributed by atoms with E-state index in [-0.39, 0.29) is 17.8 Å². The highest BCUT2D eigenvalue weighted by Crippen LogP contribution is 2.18. The first-order chi connectivity index (χ1) is 10.6. The largest absolute Gasteiger partial charge is 0.466 e. The van der Waals surface area contributed by atoms with Crippen LogP contribution in [0.1, 0.15) is 19.8 Å². The number of esters is 1. The number of nitrogens with zero attached hydrogens (tertiary/aromatic N) is 1. The minimum absolute atomic E-state index is 0.0311. The molecule has 22 heavy (non-hydrogen) atoms. The van der Waals surface area contributed by atoms with Gasteiger partial charge < -0.3 is 15.8 Å². The van der Waals surface area contributed by atoms with Gasteiger partial charge in [0.1, 0.15) is 0 Å². The van der Waals surface area contributed by atoms with Crippen molar-refractivity contribution in [3.8, 4) is 0 Å². The fraction of sp³-hybridized carbons (Fsp3) is 0.500. The van der Waals surface area contributed by atoms with Crippen molar-refractivity contribution in [1.29, 1.82) is 0 Å². The van der Waals surface area contributed by atoms with Crippen LogP contribution < -0.4 is 11.1 Å². The number of benzene rings is 1. The van der Waals surface area contributed by atoms with Gasteiger partial charge >= 0.3 is 5.97 Å². The van der Waals surface area contributed by atoms with E-state index in [1.165, 1.54) is 0 Å². The van der Waals surface area contributed by atoms with Gasteiger partial charge in [0.2, 0.25) is 5.91 Å². The van der Waals surface area contributed by atoms with E-state index < -0.39 is 0 Å². The van der Waals surface area contributed by atoms with Gasteiger partial charge in [0.25, 0.3) is 0 Å². The first kappa shape index (κ1) is 16.3. The van der Waals surface area contributed by atoms with Gasteiger partial charge in [0.05, 0.1) is 19.1 Å². The standard InChI is InChI=1S/C16H23N3O3/c1-2-22-16(21)12-7-9-19(10-8-12)11-15(20)18-14-5-3-13(17)4-6-14/h3-6,12H,2,7-11,17H2,1H3,(H,18,20). The second-order valence-corrected chi connectivity index (χ2v) is 5.47. The van der Waals surface area contributed by atoms with Crippen LogP contribution in [0.5, 0.6) is 0 Å². The average molecular weight is 305 g/mol. The third-order valence-electron chi connectivity index (χ3n) is 3.77. The smallest absolute Gasteiger partial charge is 0.309 e. The van der Waals surface area contributed by atoms with Crippen LogP contribution in [-0.4, -0.2) is 43.0 Å². The summed E-state index contributed by atoms with van der Waals surface area (Å²) in [5.41, 5.74) is 7.01. The van der Waals surface area contributed by atoms with E-state index in [0.717, 1.165) is 31.6 Å². The van der Waals surface area contributed by atoms with Crippen molar-refractivity contribution in [3.63, 3.8) is 0 Å². The van der Waals surface area contributed by atoms with Crippen LogP contribution in [-0.2, 0) is 14.3 Å². The van der Waals surface area contributed by atoms with Crippen LogP contribution in [0.25, 0.3) is 0 Å². The third kappa shape index (κ3) is 4.73. The van der Waals surface area contributed by atoms with Crippen molar-refractivity contribution in [1.82, 2.24) is 4.90 Å². The van der Waals surface area contributed by atoms with Gasteiger partial charge in [0.15, 0.2) is 0 Å². The Morgan fingerprint density at radius 2 is 1.91 bits per heavy atom. The van der Waals surface area contributed by atoms with Gasteiger partial charge in [-0.05, 0) is 57.1 Å². The van der Waals surface area contributed by atoms with Crippen molar-refractivity contribution in [2.45, 2.75) is 19.8 Å². The molecule has 1 heterocycles. The van der Waals surface area contributed by atoms with Gasteiger partial charge in [-0.25, -0.2) is 0 Å². The summed E-state index contributed by atoms with van der Waals surface area (Å²) >= 11 is 0. The molecule has 1 fully saturated rings. The summed E-state index contributed by atoms with van der Waals surface area (Å²) < 4.78 is 5.04. The summed E-state index contributed by atoms with van der Waals surface area (Å²) in [7, 11) is 0. The number of rotatable bonds is 5. The van der Waals surface area contributed by atoms with Crippen LogP contribution in [0.15, 0.2) is 24.3 Å². The van der Waals surface area contributed by atoms with Gasteiger partial charge in [0, 0.05) is 11.4 Å². The van der Waals surface area contributed by atoms with Gasteiger partial charge in [-0.1, -0.05) is 0 Å². The Bertz CT molecular complexity index is 508. The number of carbonyl (C=O) groups is 2. The molecule has 1 aliphatic rings. The third-order valence-corrected chi connectivity index (χ3v) is 3.77. The highest BCUT2D eigenvalue weighted by molar-refractivity contribution is 5.92. The van der Waals surface area contributed by atoms with E-state index >= 15 is 0 Å². The maximum atomic E-state index is 12.0. The molecule has 1 aromatic carbocycles. The lowest BCUT2D eigenvalue weighted by Crippen LogP contribution is -2.41. The lowest BCUT2D eigenvalue weighted by molar-refractivity contribution is -0.149. The van der Waals surface area contributed by atoms with E-state index in [4.69, 9.17) is 10.5 Å². The van der Waals surface area contributed by atoms with Crippen LogP contribution in [0.2, 0.25) is 0 Å². The van der Waals surface area contributed by atoms with E-state index in [2.05, 4.69) is 10.2 Å². The summed E-state index contributed by atoms with van der Waals surface area (Å²) in [6.45, 7) is 4.04. The number of likely N-dealkylation sites (tertiary alicyclic amines) is 1. The van der Waals surface area contributed by atoms with Crippen LogP contribution in [0.3, 0.4) is 0 Å². The van der Waals surface area contributed by atoms with E-state index in [1.54, 1.807) is 24.3 Å². The molecule has 2 rings (SSSR count). The molecule has 0 bridgehead atoms. The Labute approximate surface area is 130 Å². The number of hydrogen-bond acceptors (Lipinski definition) is 5. The molecule has 1 saturated heterocycles. The Morgan fingerprint density at radius 3 is 2.50 bits per heavy atom. The molecule has 0 saturated carbocycles. The topological polar surface area (TPSA) is 84.7 Å². The van der Waals surface area contributed by atoms with Crippen molar-refractivity contribution in [2.24, 2.45) is 5.92 Å². The van der Waals surface area contributed by atoms with Crippen LogP contribution >= 0.6 is 0 Å². The molecule has 1 aromatic rings. The maximum Gasteiger partial charge on any atom is 0.309 e. The zero-order valence-corrected chi connectivity index (χ0v) is 12.9. The minimum atomic E-state index is -0.117. The first-order valence-corrected chi connectivity index (χ1v) is 7.63. The van der Waals surface area contributed by atoms with E-state index in [9.17, 15) is 9.59 Å². The molecule has 0 spiro atoms. The second-order valence-electron chi connectivity index (χ2n) is 5.47. The van der Waals surface area contributed by atoms with Crippen LogP contribution in [0, 0.1) is 5.92 Å². The number of nitrogens with one attached hydrogen (secondary N) is 1. The van der Waals surface area contributed by atoms with Crippen molar-refractivity contribution < 1.29 is 14.3 Å². The average Bonchev–Trinajstić information content (AvgIpc) is 2.50.